The summed E-state index contributed by atoms with van der Waals surface area (Å²) in [5.74, 6) is -2.93. The fraction of sp³-hybridized carbons (Fsp3) is 0.444. The molecule has 2 aliphatic heterocycles. The van der Waals surface area contributed by atoms with Gasteiger partial charge in [0, 0.05) is 45.2 Å². The number of halogens is 3. The largest absolute Gasteiger partial charge is 0.490 e. The summed E-state index contributed by atoms with van der Waals surface area (Å²) in [4.78, 5) is 53.7. The molecule has 10 nitrogen and oxygen atoms in total. The van der Waals surface area contributed by atoms with Gasteiger partial charge in [0.15, 0.2) is 0 Å². The molecule has 13 heteroatoms. The van der Waals surface area contributed by atoms with Gasteiger partial charge in [-0.25, -0.2) is 9.59 Å². The van der Waals surface area contributed by atoms with Gasteiger partial charge in [-0.2, -0.15) is 13.2 Å². The first-order valence-corrected chi connectivity index (χ1v) is 16.5. The van der Waals surface area contributed by atoms with E-state index in [1.165, 1.54) is 0 Å². The Bertz CT molecular complexity index is 1600. The summed E-state index contributed by atoms with van der Waals surface area (Å²) >= 11 is 0. The first-order chi connectivity index (χ1) is 23.3. The topological polar surface area (TPSA) is 145 Å². The smallest absolute Gasteiger partial charge is 0.475 e. The Kier molecular flexibility index (Phi) is 12.6. The molecule has 5 N–H and O–H groups in total. The highest BCUT2D eigenvalue weighted by Crippen LogP contribution is 2.35. The Morgan fingerprint density at radius 1 is 0.918 bits per heavy atom. The molecule has 0 aromatic heterocycles. The zero-order valence-electron chi connectivity index (χ0n) is 27.5. The van der Waals surface area contributed by atoms with Crippen molar-refractivity contribution in [3.63, 3.8) is 0 Å². The van der Waals surface area contributed by atoms with Gasteiger partial charge in [0.25, 0.3) is 0 Å². The Morgan fingerprint density at radius 3 is 2.18 bits per heavy atom. The molecule has 0 bridgehead atoms. The lowest BCUT2D eigenvalue weighted by Gasteiger charge is -2.43. The predicted octanol–water partition coefficient (Wildman–Crippen LogP) is 4.50. The summed E-state index contributed by atoms with van der Waals surface area (Å²) in [6.45, 7) is 4.47. The number of fused-ring (bicyclic) bond motifs is 1. The summed E-state index contributed by atoms with van der Waals surface area (Å²) in [7, 11) is 0. The minimum atomic E-state index is -5.08. The molecule has 4 amide bonds. The van der Waals surface area contributed by atoms with Gasteiger partial charge in [-0.05, 0) is 60.9 Å². The second-order valence-corrected chi connectivity index (χ2v) is 12.7. The average molecular weight is 684 g/mol. The molecular weight excluding hydrogens is 639 g/mol. The number of nitrogens with two attached hydrogens (primary N) is 1. The zero-order chi connectivity index (χ0) is 35.6. The highest BCUT2D eigenvalue weighted by Gasteiger charge is 2.44. The number of amides is 4. The molecule has 0 spiro atoms. The molecule has 3 aromatic carbocycles. The van der Waals surface area contributed by atoms with Crippen LogP contribution in [0.3, 0.4) is 0 Å². The van der Waals surface area contributed by atoms with Crippen LogP contribution in [0.4, 0.5) is 18.0 Å². The third-order valence-corrected chi connectivity index (χ3v) is 9.01. The standard InChI is InChI=1S/C34H43N5O3.C2HF3O2/c1-2-36-32(41)34(23-25-9-4-3-5-10-25)17-8-18-39(24-34)31(40)30(37-33(42)38-19-15-29(35)16-20-38)22-26-13-14-27-11-6-7-12-28(27)21-26;3-2(4,5)1(6)7/h3-7,9-14,21,29-30H,2,8,15-20,22-24,35H2,1H3,(H,36,41)(H,37,42);(H,6,7)/t30?,34-;/m0./s1. The maximum atomic E-state index is 14.3. The Labute approximate surface area is 283 Å². The number of benzene rings is 3. The Hall–Kier alpha value is -4.65. The first kappa shape index (κ1) is 37.2. The predicted molar refractivity (Wildman–Crippen MR) is 180 cm³/mol. The number of hydrogen-bond donors (Lipinski definition) is 4. The fourth-order valence-corrected chi connectivity index (χ4v) is 6.43. The van der Waals surface area contributed by atoms with E-state index in [9.17, 15) is 27.6 Å². The number of nitrogens with zero attached hydrogens (tertiary/aromatic N) is 2. The molecule has 2 heterocycles. The van der Waals surface area contributed by atoms with Crippen LogP contribution in [0.1, 0.15) is 43.7 Å². The van der Waals surface area contributed by atoms with Crippen LogP contribution in [-0.2, 0) is 27.2 Å². The number of aliphatic carboxylic acids is 1. The van der Waals surface area contributed by atoms with Crippen LogP contribution in [0.15, 0.2) is 72.8 Å². The second-order valence-electron chi connectivity index (χ2n) is 12.7. The lowest BCUT2D eigenvalue weighted by Crippen LogP contribution is -2.59. The number of carboxylic acids is 1. The van der Waals surface area contributed by atoms with E-state index in [-0.39, 0.29) is 23.9 Å². The fourth-order valence-electron chi connectivity index (χ4n) is 6.43. The highest BCUT2D eigenvalue weighted by atomic mass is 19.4. The van der Waals surface area contributed by atoms with Gasteiger partial charge in [0.1, 0.15) is 6.04 Å². The van der Waals surface area contributed by atoms with Gasteiger partial charge in [0.05, 0.1) is 5.41 Å². The minimum Gasteiger partial charge on any atom is -0.475 e. The summed E-state index contributed by atoms with van der Waals surface area (Å²) in [6.07, 6.45) is -1.25. The van der Waals surface area contributed by atoms with Gasteiger partial charge in [0.2, 0.25) is 11.8 Å². The molecule has 0 aliphatic carbocycles. The summed E-state index contributed by atoms with van der Waals surface area (Å²) in [5.41, 5.74) is 7.38. The van der Waals surface area contributed by atoms with E-state index in [1.807, 2.05) is 55.5 Å². The van der Waals surface area contributed by atoms with Crippen molar-refractivity contribution in [3.8, 4) is 0 Å². The number of rotatable bonds is 8. The number of nitrogens with one attached hydrogen (secondary N) is 2. The number of piperidine rings is 2. The van der Waals surface area contributed by atoms with E-state index in [0.29, 0.717) is 52.0 Å². The Balaban J connectivity index is 0.000000698. The minimum absolute atomic E-state index is 0.0221. The number of likely N-dealkylation sites (tertiary alicyclic amines) is 2. The molecule has 264 valence electrons. The molecule has 0 radical (unpaired) electrons. The van der Waals surface area contributed by atoms with E-state index in [2.05, 4.69) is 34.9 Å². The first-order valence-electron chi connectivity index (χ1n) is 16.5. The highest BCUT2D eigenvalue weighted by molar-refractivity contribution is 5.90. The van der Waals surface area contributed by atoms with Crippen molar-refractivity contribution < 1.29 is 37.5 Å². The van der Waals surface area contributed by atoms with Crippen molar-refractivity contribution in [1.82, 2.24) is 20.4 Å². The second kappa shape index (κ2) is 16.6. The zero-order valence-corrected chi connectivity index (χ0v) is 27.5. The molecule has 2 atom stereocenters. The van der Waals surface area contributed by atoms with Crippen LogP contribution in [0.2, 0.25) is 0 Å². The maximum Gasteiger partial charge on any atom is 0.490 e. The third kappa shape index (κ3) is 10.2. The van der Waals surface area contributed by atoms with E-state index in [1.54, 1.807) is 9.80 Å². The van der Waals surface area contributed by atoms with Crippen molar-refractivity contribution in [2.24, 2.45) is 11.1 Å². The molecule has 2 saturated heterocycles. The summed E-state index contributed by atoms with van der Waals surface area (Å²) < 4.78 is 31.7. The van der Waals surface area contributed by atoms with Crippen molar-refractivity contribution in [3.05, 3.63) is 83.9 Å². The molecule has 1 unspecified atom stereocenters. The third-order valence-electron chi connectivity index (χ3n) is 9.01. The molecular formula is C36H44F3N5O5. The quantitative estimate of drug-likeness (QED) is 0.275. The van der Waals surface area contributed by atoms with Crippen LogP contribution in [0.25, 0.3) is 10.8 Å². The van der Waals surface area contributed by atoms with Crippen LogP contribution in [-0.4, -0.2) is 89.7 Å². The lowest BCUT2D eigenvalue weighted by atomic mass is 9.74. The maximum absolute atomic E-state index is 14.3. The molecule has 0 saturated carbocycles. The van der Waals surface area contributed by atoms with Crippen LogP contribution in [0.5, 0.6) is 0 Å². The number of carboxylic acid groups (broad SMARTS) is 1. The van der Waals surface area contributed by atoms with Crippen molar-refractivity contribution >= 4 is 34.6 Å². The van der Waals surface area contributed by atoms with Crippen molar-refractivity contribution in [1.29, 1.82) is 0 Å². The van der Waals surface area contributed by atoms with Gasteiger partial charge >= 0.3 is 18.2 Å². The van der Waals surface area contributed by atoms with Gasteiger partial charge in [-0.15, -0.1) is 0 Å². The van der Waals surface area contributed by atoms with E-state index in [0.717, 1.165) is 41.2 Å². The number of carbonyl (C=O) groups is 4. The number of urea groups is 1. The number of carbonyl (C=O) groups excluding carboxylic acids is 3. The van der Waals surface area contributed by atoms with Crippen molar-refractivity contribution in [2.45, 2.75) is 63.7 Å². The monoisotopic (exact) mass is 683 g/mol. The van der Waals surface area contributed by atoms with Crippen molar-refractivity contribution in [2.75, 3.05) is 32.7 Å². The SMILES string of the molecule is CCNC(=O)[C@]1(Cc2ccccc2)CCCN(C(=O)C(Cc2ccc3ccccc3c2)NC(=O)N2CCC(N)CC2)C1.O=C(O)C(F)(F)F. The lowest BCUT2D eigenvalue weighted by molar-refractivity contribution is -0.192. The van der Waals surface area contributed by atoms with Crippen LogP contribution in [0, 0.1) is 5.41 Å². The molecule has 2 fully saturated rings. The van der Waals surface area contributed by atoms with Gasteiger partial charge in [-0.3, -0.25) is 9.59 Å². The van der Waals surface area contributed by atoms with Crippen LogP contribution >= 0.6 is 0 Å². The Morgan fingerprint density at radius 2 is 1.55 bits per heavy atom. The van der Waals surface area contributed by atoms with Crippen LogP contribution < -0.4 is 16.4 Å². The number of alkyl halides is 3. The molecule has 2 aliphatic rings. The van der Waals surface area contributed by atoms with E-state index < -0.39 is 23.6 Å². The summed E-state index contributed by atoms with van der Waals surface area (Å²) in [5, 5.41) is 15.5. The molecule has 49 heavy (non-hydrogen) atoms. The average Bonchev–Trinajstić information content (AvgIpc) is 3.08. The van der Waals surface area contributed by atoms with E-state index >= 15 is 0 Å². The van der Waals surface area contributed by atoms with E-state index in [4.69, 9.17) is 15.6 Å². The molecule has 3 aromatic rings. The van der Waals surface area contributed by atoms with Gasteiger partial charge in [-0.1, -0.05) is 72.8 Å². The number of hydrogen-bond acceptors (Lipinski definition) is 5. The summed E-state index contributed by atoms with van der Waals surface area (Å²) in [6, 6.07) is 23.4. The van der Waals surface area contributed by atoms with Gasteiger partial charge < -0.3 is 31.3 Å². The molecule has 5 rings (SSSR count). The normalized spacial score (nSPS) is 19.0.